The van der Waals surface area contributed by atoms with E-state index in [4.69, 9.17) is 39.5 Å². The molecular formula is C30H34Cl3N3O5S. The molecule has 0 bridgehead atoms. The van der Waals surface area contributed by atoms with Gasteiger partial charge in [-0.2, -0.15) is 0 Å². The number of hydrogen-bond donors (Lipinski definition) is 1. The summed E-state index contributed by atoms with van der Waals surface area (Å²) < 4.78 is 34.3. The van der Waals surface area contributed by atoms with Crippen molar-refractivity contribution in [2.24, 2.45) is 5.92 Å². The Bertz CT molecular complexity index is 1480. The molecule has 0 aromatic heterocycles. The zero-order valence-electron chi connectivity index (χ0n) is 23.8. The summed E-state index contributed by atoms with van der Waals surface area (Å²) in [5.41, 5.74) is 0.786. The van der Waals surface area contributed by atoms with Gasteiger partial charge in [-0.1, -0.05) is 54.7 Å². The second kappa shape index (κ2) is 15.0. The van der Waals surface area contributed by atoms with Crippen LogP contribution < -0.4 is 14.4 Å². The second-order valence-electron chi connectivity index (χ2n) is 9.96. The van der Waals surface area contributed by atoms with Crippen LogP contribution >= 0.6 is 34.8 Å². The van der Waals surface area contributed by atoms with E-state index in [2.05, 4.69) is 5.32 Å². The van der Waals surface area contributed by atoms with Gasteiger partial charge >= 0.3 is 0 Å². The van der Waals surface area contributed by atoms with Gasteiger partial charge in [-0.3, -0.25) is 13.9 Å². The molecule has 3 aromatic carbocycles. The van der Waals surface area contributed by atoms with Gasteiger partial charge in [0, 0.05) is 28.2 Å². The van der Waals surface area contributed by atoms with E-state index in [1.807, 2.05) is 20.8 Å². The number of nitrogens with zero attached hydrogens (tertiary/aromatic N) is 2. The molecule has 0 fully saturated rings. The normalized spacial score (nSPS) is 12.1. The van der Waals surface area contributed by atoms with E-state index in [-0.39, 0.29) is 29.0 Å². The topological polar surface area (TPSA) is 96.0 Å². The van der Waals surface area contributed by atoms with Crippen molar-refractivity contribution >= 4 is 62.3 Å². The van der Waals surface area contributed by atoms with Crippen molar-refractivity contribution in [3.05, 3.63) is 87.4 Å². The van der Waals surface area contributed by atoms with Gasteiger partial charge in [0.15, 0.2) is 0 Å². The van der Waals surface area contributed by atoms with E-state index in [1.54, 1.807) is 49.4 Å². The molecule has 42 heavy (non-hydrogen) atoms. The minimum absolute atomic E-state index is 0.0522. The number of halogens is 3. The molecule has 0 heterocycles. The molecule has 3 aromatic rings. The number of carbonyl (C=O) groups excluding carboxylic acids is 2. The highest BCUT2D eigenvalue weighted by Gasteiger charge is 2.33. The zero-order valence-corrected chi connectivity index (χ0v) is 26.9. The predicted molar refractivity (Wildman–Crippen MR) is 168 cm³/mol. The first-order chi connectivity index (χ1) is 19.8. The number of benzene rings is 3. The number of hydrogen-bond acceptors (Lipinski definition) is 5. The Hall–Kier alpha value is -2.98. The molecule has 0 aliphatic heterocycles. The van der Waals surface area contributed by atoms with Crippen molar-refractivity contribution in [2.45, 2.75) is 45.2 Å². The highest BCUT2D eigenvalue weighted by Crippen LogP contribution is 2.28. The third-order valence-corrected chi connectivity index (χ3v) is 8.95. The van der Waals surface area contributed by atoms with Gasteiger partial charge in [0.2, 0.25) is 11.8 Å². The Morgan fingerprint density at radius 2 is 1.52 bits per heavy atom. The van der Waals surface area contributed by atoms with Gasteiger partial charge in [-0.25, -0.2) is 8.42 Å². The first-order valence-corrected chi connectivity index (χ1v) is 15.9. The van der Waals surface area contributed by atoms with Crippen molar-refractivity contribution in [3.8, 4) is 5.75 Å². The van der Waals surface area contributed by atoms with Crippen molar-refractivity contribution in [3.63, 3.8) is 0 Å². The average molecular weight is 655 g/mol. The highest BCUT2D eigenvalue weighted by molar-refractivity contribution is 7.92. The van der Waals surface area contributed by atoms with Crippen molar-refractivity contribution in [2.75, 3.05) is 24.0 Å². The largest absolute Gasteiger partial charge is 0.494 e. The third kappa shape index (κ3) is 8.77. The molecule has 0 aliphatic carbocycles. The summed E-state index contributed by atoms with van der Waals surface area (Å²) in [6.07, 6.45) is 0. The van der Waals surface area contributed by atoms with Crippen molar-refractivity contribution < 1.29 is 22.7 Å². The molecule has 0 saturated carbocycles. The number of carbonyl (C=O) groups is 2. The van der Waals surface area contributed by atoms with E-state index in [1.165, 1.54) is 29.2 Å². The van der Waals surface area contributed by atoms with E-state index >= 15 is 0 Å². The van der Waals surface area contributed by atoms with Crippen LogP contribution in [0.4, 0.5) is 5.69 Å². The lowest BCUT2D eigenvalue weighted by Crippen LogP contribution is -2.51. The molecule has 8 nitrogen and oxygen atoms in total. The van der Waals surface area contributed by atoms with Gasteiger partial charge in [-0.05, 0) is 86.0 Å². The molecule has 0 spiro atoms. The second-order valence-corrected chi connectivity index (χ2v) is 13.1. The maximum atomic E-state index is 14.0. The van der Waals surface area contributed by atoms with Crippen molar-refractivity contribution in [1.82, 2.24) is 10.2 Å². The van der Waals surface area contributed by atoms with Crippen LogP contribution in [0.25, 0.3) is 0 Å². The first kappa shape index (κ1) is 33.5. The summed E-state index contributed by atoms with van der Waals surface area (Å²) in [5, 5.41) is 3.94. The predicted octanol–water partition coefficient (Wildman–Crippen LogP) is 6.43. The van der Waals surface area contributed by atoms with E-state index in [9.17, 15) is 18.0 Å². The lowest BCUT2D eigenvalue weighted by atomic mass is 10.1. The summed E-state index contributed by atoms with van der Waals surface area (Å²) >= 11 is 18.5. The monoisotopic (exact) mass is 653 g/mol. The first-order valence-electron chi connectivity index (χ1n) is 13.4. The number of amides is 2. The number of ether oxygens (including phenoxy) is 1. The minimum atomic E-state index is -4.24. The molecule has 3 rings (SSSR count). The quantitative estimate of drug-likeness (QED) is 0.229. The fourth-order valence-electron chi connectivity index (χ4n) is 4.01. The van der Waals surface area contributed by atoms with Gasteiger partial charge in [0.1, 0.15) is 18.3 Å². The van der Waals surface area contributed by atoms with Crippen molar-refractivity contribution in [1.29, 1.82) is 0 Å². The molecule has 226 valence electrons. The SMILES string of the molecule is CCOc1ccc(N(CC(=O)N(Cc2ccc(Cl)cc2Cl)C(C)C(=O)NCC(C)C)S(=O)(=O)c2ccc(Cl)cc2)cc1. The van der Waals surface area contributed by atoms with Crippen LogP contribution in [0.15, 0.2) is 71.6 Å². The summed E-state index contributed by atoms with van der Waals surface area (Å²) in [7, 11) is -4.24. The smallest absolute Gasteiger partial charge is 0.264 e. The lowest BCUT2D eigenvalue weighted by Gasteiger charge is -2.32. The molecule has 1 unspecified atom stereocenters. The fraction of sp³-hybridized carbons (Fsp3) is 0.333. The summed E-state index contributed by atoms with van der Waals surface area (Å²) in [5.74, 6) is -0.253. The maximum Gasteiger partial charge on any atom is 0.264 e. The molecule has 0 radical (unpaired) electrons. The lowest BCUT2D eigenvalue weighted by molar-refractivity contribution is -0.139. The van der Waals surface area contributed by atoms with Crippen LogP contribution in [0, 0.1) is 5.92 Å². The maximum absolute atomic E-state index is 14.0. The molecule has 2 amide bonds. The molecule has 0 saturated heterocycles. The number of nitrogens with one attached hydrogen (secondary N) is 1. The Morgan fingerprint density at radius 1 is 0.905 bits per heavy atom. The summed E-state index contributed by atoms with van der Waals surface area (Å²) in [4.78, 5) is 28.4. The number of sulfonamides is 1. The number of rotatable bonds is 13. The molecular weight excluding hydrogens is 621 g/mol. The van der Waals surface area contributed by atoms with Crippen LogP contribution in [0.5, 0.6) is 5.75 Å². The Kier molecular flexibility index (Phi) is 11.9. The van der Waals surface area contributed by atoms with E-state index in [0.717, 1.165) is 4.31 Å². The standard InChI is InChI=1S/C30H34Cl3N3O5S/c1-5-41-26-12-10-25(11-13-26)36(42(39,40)27-14-8-23(31)9-15-27)19-29(37)35(21(4)30(38)34-17-20(2)3)18-22-6-7-24(32)16-28(22)33/h6-16,20-21H,5,17-19H2,1-4H3,(H,34,38). The Morgan fingerprint density at radius 3 is 2.10 bits per heavy atom. The summed E-state index contributed by atoms with van der Waals surface area (Å²) in [6, 6.07) is 15.9. The third-order valence-electron chi connectivity index (χ3n) is 6.32. The van der Waals surface area contributed by atoms with E-state index in [0.29, 0.717) is 39.5 Å². The van der Waals surface area contributed by atoms with Crippen LogP contribution in [0.1, 0.15) is 33.3 Å². The zero-order chi connectivity index (χ0) is 31.0. The van der Waals surface area contributed by atoms with Crippen LogP contribution in [0.3, 0.4) is 0 Å². The van der Waals surface area contributed by atoms with Crippen LogP contribution in [-0.4, -0.2) is 50.9 Å². The molecule has 12 heteroatoms. The summed E-state index contributed by atoms with van der Waals surface area (Å²) in [6.45, 7) is 7.54. The highest BCUT2D eigenvalue weighted by atomic mass is 35.5. The van der Waals surface area contributed by atoms with E-state index < -0.39 is 28.5 Å². The Labute approximate surface area is 262 Å². The fourth-order valence-corrected chi connectivity index (χ4v) is 6.01. The molecule has 1 atom stereocenters. The minimum Gasteiger partial charge on any atom is -0.494 e. The Balaban J connectivity index is 2.04. The van der Waals surface area contributed by atoms with Crippen LogP contribution in [0.2, 0.25) is 15.1 Å². The van der Waals surface area contributed by atoms with Gasteiger partial charge in [0.05, 0.1) is 17.2 Å². The van der Waals surface area contributed by atoms with Gasteiger partial charge < -0.3 is 15.0 Å². The van der Waals surface area contributed by atoms with Crippen LogP contribution in [-0.2, 0) is 26.2 Å². The van der Waals surface area contributed by atoms with Gasteiger partial charge in [-0.15, -0.1) is 0 Å². The molecule has 1 N–H and O–H groups in total. The van der Waals surface area contributed by atoms with Gasteiger partial charge in [0.25, 0.3) is 10.0 Å². The molecule has 0 aliphatic rings. The average Bonchev–Trinajstić information content (AvgIpc) is 2.94. The number of anilines is 1.